The second-order valence-corrected chi connectivity index (χ2v) is 12.3. The summed E-state index contributed by atoms with van der Waals surface area (Å²) in [6.07, 6.45) is 4.12. The Morgan fingerprint density at radius 2 is 1.75 bits per heavy atom. The molecule has 0 aliphatic heterocycles. The first kappa shape index (κ1) is 9.60. The van der Waals surface area contributed by atoms with Gasteiger partial charge in [-0.2, -0.15) is 0 Å². The monoisotopic (exact) mass is 448 g/mol. The third-order valence-corrected chi connectivity index (χ3v) is 1.44. The van der Waals surface area contributed by atoms with E-state index >= 15 is 0 Å². The van der Waals surface area contributed by atoms with Crippen LogP contribution in [0.5, 0.6) is 0 Å². The van der Waals surface area contributed by atoms with Crippen LogP contribution in [0.4, 0.5) is 0 Å². The average Bonchev–Trinajstić information content (AvgIpc) is 1.59. The molecule has 0 radical (unpaired) electrons. The Morgan fingerprint density at radius 1 is 1.25 bits per heavy atom. The van der Waals surface area contributed by atoms with Crippen LogP contribution in [0, 0.1) is 0 Å². The van der Waals surface area contributed by atoms with Gasteiger partial charge in [-0.3, -0.25) is 4.79 Å². The maximum absolute atomic E-state index is 9.75. The molecule has 1 nitrogen and oxygen atoms in total. The Bertz CT molecular complexity index is 102. The Morgan fingerprint density at radius 3 is 1.88 bits per heavy atom. The number of carbonyl (C=O) groups excluding carboxylic acids is 1. The van der Waals surface area contributed by atoms with Crippen molar-refractivity contribution in [3.05, 3.63) is 12.2 Å². The van der Waals surface area contributed by atoms with E-state index in [0.29, 0.717) is 0 Å². The highest BCUT2D eigenvalue weighted by Gasteiger charge is 2.10. The predicted molar refractivity (Wildman–Crippen MR) is 60.0 cm³/mol. The first-order valence-corrected chi connectivity index (χ1v) is 4.99. The largest absolute Gasteiger partial charge is 0.299 e. The molecule has 0 heterocycles. The van der Waals surface area contributed by atoms with E-state index in [4.69, 9.17) is 0 Å². The van der Waals surface area contributed by atoms with Gasteiger partial charge >= 0.3 is 0 Å². The molecule has 0 unspecified atom stereocenters. The van der Waals surface area contributed by atoms with Crippen molar-refractivity contribution in [2.24, 2.45) is 0 Å². The summed E-state index contributed by atoms with van der Waals surface area (Å²) in [5, 5.41) is 0. The third kappa shape index (κ3) is 7.60. The van der Waals surface area contributed by atoms with Crippen LogP contribution < -0.4 is 0 Å². The molecule has 0 aromatic rings. The molecule has 0 amide bonds. The number of alkyl halides is 3. The van der Waals surface area contributed by atoms with E-state index in [2.05, 4.69) is 67.8 Å². The molecule has 0 N–H and O–H groups in total. The first-order valence-electron chi connectivity index (χ1n) is 1.76. The van der Waals surface area contributed by atoms with E-state index in [0.717, 1.165) is 6.29 Å². The van der Waals surface area contributed by atoms with Crippen LogP contribution in [0.1, 0.15) is 0 Å². The second kappa shape index (κ2) is 4.42. The average molecular weight is 448 g/mol. The zero-order valence-corrected chi connectivity index (χ0v) is 10.2. The zero-order valence-electron chi connectivity index (χ0n) is 3.77. The van der Waals surface area contributed by atoms with Crippen LogP contribution in [0.15, 0.2) is 12.2 Å². The molecule has 0 bridgehead atoms. The lowest BCUT2D eigenvalue weighted by atomic mass is 10.6. The minimum atomic E-state index is 0.0498. The van der Waals surface area contributed by atoms with Crippen molar-refractivity contribution in [3.63, 3.8) is 0 Å². The van der Waals surface area contributed by atoms with Crippen molar-refractivity contribution in [2.45, 2.75) is -0.565 Å². The minimum Gasteiger partial charge on any atom is -0.299 e. The van der Waals surface area contributed by atoms with Crippen molar-refractivity contribution in [1.29, 1.82) is 0 Å². The summed E-state index contributed by atoms with van der Waals surface area (Å²) in [6.45, 7) is 0. The molecular formula is C4H3I3O. The molecule has 0 saturated heterocycles. The van der Waals surface area contributed by atoms with Gasteiger partial charge in [0.05, 0.1) is 0 Å². The fraction of sp³-hybridized carbons (Fsp3) is 0.250. The van der Waals surface area contributed by atoms with Gasteiger partial charge in [0.25, 0.3) is 0 Å². The maximum atomic E-state index is 9.75. The predicted octanol–water partition coefficient (Wildman–Crippen LogP) is 2.70. The van der Waals surface area contributed by atoms with Crippen LogP contribution >= 0.6 is 67.8 Å². The highest BCUT2D eigenvalue weighted by Crippen LogP contribution is 2.36. The van der Waals surface area contributed by atoms with Gasteiger partial charge < -0.3 is 0 Å². The van der Waals surface area contributed by atoms with Gasteiger partial charge in [0.2, 0.25) is 0 Å². The summed E-state index contributed by atoms with van der Waals surface area (Å²) >= 11 is 6.68. The number of allylic oxidation sites excluding steroid dienone is 2. The van der Waals surface area contributed by atoms with E-state index in [1.165, 1.54) is 6.08 Å². The molecule has 0 aliphatic carbocycles. The Hall–Kier alpha value is 1.60. The fourth-order valence-corrected chi connectivity index (χ4v) is 0.771. The second-order valence-electron chi connectivity index (χ2n) is 1.04. The molecule has 0 aliphatic rings. The fourth-order valence-electron chi connectivity index (χ4n) is 0.148. The van der Waals surface area contributed by atoms with E-state index in [1.807, 2.05) is 6.08 Å². The number of hydrogen-bond acceptors (Lipinski definition) is 1. The van der Waals surface area contributed by atoms with E-state index in [-0.39, 0.29) is -0.565 Å². The van der Waals surface area contributed by atoms with Gasteiger partial charge in [0.1, 0.15) is 5.72 Å². The molecule has 0 rings (SSSR count). The Labute approximate surface area is 89.1 Å². The van der Waals surface area contributed by atoms with Crippen LogP contribution in [0.3, 0.4) is 0 Å². The number of carbonyl (C=O) groups is 1. The molecular weight excluding hydrogens is 445 g/mol. The molecule has 0 aromatic heterocycles. The van der Waals surface area contributed by atoms with Crippen LogP contribution in [0.2, 0.25) is 0 Å². The van der Waals surface area contributed by atoms with E-state index < -0.39 is 0 Å². The smallest absolute Gasteiger partial charge is 0.142 e. The van der Waals surface area contributed by atoms with Crippen LogP contribution in [-0.2, 0) is 4.79 Å². The number of aldehydes is 1. The molecule has 4 heteroatoms. The van der Waals surface area contributed by atoms with Crippen molar-refractivity contribution < 1.29 is 4.79 Å². The summed E-state index contributed by atoms with van der Waals surface area (Å²) in [5.74, 6) is 0. The molecule has 0 aromatic carbocycles. The summed E-state index contributed by atoms with van der Waals surface area (Å²) in [4.78, 5) is 9.75. The van der Waals surface area contributed by atoms with Crippen molar-refractivity contribution >= 4 is 74.1 Å². The highest BCUT2D eigenvalue weighted by molar-refractivity contribution is 14.3. The first-order chi connectivity index (χ1) is 3.56. The molecule has 0 atom stereocenters. The van der Waals surface area contributed by atoms with Gasteiger partial charge in [-0.1, -0.05) is 67.8 Å². The van der Waals surface area contributed by atoms with E-state index in [9.17, 15) is 4.79 Å². The summed E-state index contributed by atoms with van der Waals surface area (Å²) in [6, 6.07) is 0. The third-order valence-electron chi connectivity index (χ3n) is 0.364. The number of rotatable bonds is 2. The van der Waals surface area contributed by atoms with Gasteiger partial charge in [-0.25, -0.2) is 0 Å². The molecule has 0 spiro atoms. The normalized spacial score (nSPS) is 12.4. The maximum Gasteiger partial charge on any atom is 0.142 e. The standard InChI is InChI=1S/C4H3I3O/c5-4(6,7)2-1-3-8/h1-3H. The molecule has 46 valence electrons. The van der Waals surface area contributed by atoms with Crippen molar-refractivity contribution in [3.8, 4) is 0 Å². The molecule has 0 fully saturated rings. The van der Waals surface area contributed by atoms with Gasteiger partial charge in [0, 0.05) is 0 Å². The van der Waals surface area contributed by atoms with E-state index in [1.54, 1.807) is 0 Å². The Kier molecular flexibility index (Phi) is 5.31. The quantitative estimate of drug-likeness (QED) is 0.275. The van der Waals surface area contributed by atoms with Crippen molar-refractivity contribution in [1.82, 2.24) is 0 Å². The lowest BCUT2D eigenvalue weighted by molar-refractivity contribution is -0.104. The van der Waals surface area contributed by atoms with Gasteiger partial charge in [-0.05, 0) is 12.2 Å². The van der Waals surface area contributed by atoms with Crippen LogP contribution in [-0.4, -0.2) is 5.72 Å². The number of hydrogen-bond donors (Lipinski definition) is 0. The molecule has 0 saturated carbocycles. The highest BCUT2D eigenvalue weighted by atomic mass is 127. The van der Waals surface area contributed by atoms with Gasteiger partial charge in [0.15, 0.2) is 0 Å². The van der Waals surface area contributed by atoms with Gasteiger partial charge in [-0.15, -0.1) is 0 Å². The van der Waals surface area contributed by atoms with Crippen molar-refractivity contribution in [2.75, 3.05) is 0 Å². The summed E-state index contributed by atoms with van der Waals surface area (Å²) in [7, 11) is 0. The summed E-state index contributed by atoms with van der Waals surface area (Å²) in [5.41, 5.74) is 0. The zero-order chi connectivity index (χ0) is 6.62. The SMILES string of the molecule is O=CC=CC(I)(I)I. The minimum absolute atomic E-state index is 0.0498. The lowest BCUT2D eigenvalue weighted by Crippen LogP contribution is -1.89. The van der Waals surface area contributed by atoms with Crippen LogP contribution in [0.25, 0.3) is 0 Å². The Balaban J connectivity index is 3.69. The summed E-state index contributed by atoms with van der Waals surface area (Å²) < 4.78 is 0.0498. The lowest BCUT2D eigenvalue weighted by Gasteiger charge is -2.01. The topological polar surface area (TPSA) is 17.1 Å². The number of halogens is 3. The molecule has 8 heavy (non-hydrogen) atoms.